The number of pyridine rings is 1. The van der Waals surface area contributed by atoms with Crippen molar-refractivity contribution >= 4 is 22.8 Å². The minimum Gasteiger partial charge on any atom is -0.337 e. The number of rotatable bonds is 1. The van der Waals surface area contributed by atoms with Gasteiger partial charge in [0.05, 0.1) is 5.52 Å². The van der Waals surface area contributed by atoms with Crippen LogP contribution in [0.2, 0.25) is 5.02 Å². The fourth-order valence-corrected chi connectivity index (χ4v) is 2.04. The highest BCUT2D eigenvalue weighted by atomic mass is 35.5. The normalized spacial score (nSPS) is 11.1. The molecule has 2 heterocycles. The van der Waals surface area contributed by atoms with Crippen molar-refractivity contribution in [3.8, 4) is 11.4 Å². The molecule has 0 bridgehead atoms. The predicted octanol–water partition coefficient (Wildman–Crippen LogP) is 3.90. The Bertz CT molecular complexity index is 731. The Morgan fingerprint density at radius 3 is 2.67 bits per heavy atom. The summed E-state index contributed by atoms with van der Waals surface area (Å²) in [6.45, 7) is 3.94. The van der Waals surface area contributed by atoms with Crippen molar-refractivity contribution in [1.29, 1.82) is 0 Å². The second kappa shape index (κ2) is 4.10. The first kappa shape index (κ1) is 11.2. The van der Waals surface area contributed by atoms with Crippen LogP contribution in [0, 0.1) is 13.8 Å². The van der Waals surface area contributed by atoms with E-state index in [0.717, 1.165) is 38.8 Å². The molecule has 3 rings (SSSR count). The van der Waals surface area contributed by atoms with Crippen molar-refractivity contribution in [2.24, 2.45) is 0 Å². The lowest BCUT2D eigenvalue weighted by Crippen LogP contribution is -1.82. The molecule has 0 saturated heterocycles. The van der Waals surface area contributed by atoms with E-state index in [9.17, 15) is 0 Å². The summed E-state index contributed by atoms with van der Waals surface area (Å²) >= 11 is 6.13. The minimum absolute atomic E-state index is 0.738. The molecule has 1 N–H and O–H groups in total. The number of aromatic amines is 1. The molecule has 0 amide bonds. The number of fused-ring (bicyclic) bond motifs is 1. The van der Waals surface area contributed by atoms with Gasteiger partial charge in [-0.3, -0.25) is 0 Å². The van der Waals surface area contributed by atoms with Gasteiger partial charge in [0.2, 0.25) is 0 Å². The van der Waals surface area contributed by atoms with Crippen LogP contribution in [0.15, 0.2) is 30.3 Å². The molecule has 0 unspecified atom stereocenters. The van der Waals surface area contributed by atoms with Crippen molar-refractivity contribution in [3.63, 3.8) is 0 Å². The molecule has 0 aliphatic carbocycles. The Labute approximate surface area is 110 Å². The lowest BCUT2D eigenvalue weighted by atomic mass is 10.1. The third kappa shape index (κ3) is 1.87. The first-order valence-corrected chi connectivity index (χ1v) is 6.11. The summed E-state index contributed by atoms with van der Waals surface area (Å²) in [6, 6.07) is 9.87. The first-order valence-electron chi connectivity index (χ1n) is 5.73. The van der Waals surface area contributed by atoms with Gasteiger partial charge < -0.3 is 4.98 Å². The van der Waals surface area contributed by atoms with E-state index < -0.39 is 0 Å². The number of nitrogens with zero attached hydrogens (tertiary/aromatic N) is 2. The Morgan fingerprint density at radius 1 is 1.06 bits per heavy atom. The van der Waals surface area contributed by atoms with Crippen LogP contribution in [0.3, 0.4) is 0 Å². The van der Waals surface area contributed by atoms with Gasteiger partial charge in [-0.1, -0.05) is 23.7 Å². The quantitative estimate of drug-likeness (QED) is 0.718. The van der Waals surface area contributed by atoms with Crippen LogP contribution in [-0.4, -0.2) is 15.0 Å². The van der Waals surface area contributed by atoms with Crippen LogP contribution in [0.1, 0.15) is 11.3 Å². The van der Waals surface area contributed by atoms with Crippen LogP contribution in [0.4, 0.5) is 0 Å². The number of hydrogen-bond donors (Lipinski definition) is 1. The van der Waals surface area contributed by atoms with E-state index in [-0.39, 0.29) is 0 Å². The lowest BCUT2D eigenvalue weighted by molar-refractivity contribution is 1.22. The molecule has 0 aliphatic heterocycles. The molecule has 0 radical (unpaired) electrons. The standard InChI is InChI=1S/C14H12ClN3/c1-8-3-5-10(7-11(8)15)13-17-12-6-4-9(2)16-14(12)18-13/h3-7H,1-2H3,(H,16,17,18). The second-order valence-corrected chi connectivity index (χ2v) is 4.78. The Morgan fingerprint density at radius 2 is 1.89 bits per heavy atom. The SMILES string of the molecule is Cc1ccc2[nH]c(-c3ccc(C)c(Cl)c3)nc2n1. The molecule has 0 saturated carbocycles. The van der Waals surface area contributed by atoms with Gasteiger partial charge >= 0.3 is 0 Å². The molecule has 0 atom stereocenters. The molecule has 0 fully saturated rings. The lowest BCUT2D eigenvalue weighted by Gasteiger charge is -2.00. The van der Waals surface area contributed by atoms with Crippen LogP contribution >= 0.6 is 11.6 Å². The van der Waals surface area contributed by atoms with Gasteiger partial charge in [-0.05, 0) is 37.6 Å². The van der Waals surface area contributed by atoms with Gasteiger partial charge in [-0.15, -0.1) is 0 Å². The molecular formula is C14H12ClN3. The molecule has 3 aromatic rings. The van der Waals surface area contributed by atoms with Gasteiger partial charge in [0.1, 0.15) is 5.82 Å². The number of aromatic nitrogens is 3. The van der Waals surface area contributed by atoms with Gasteiger partial charge in [0, 0.05) is 16.3 Å². The largest absolute Gasteiger partial charge is 0.337 e. The molecule has 2 aromatic heterocycles. The van der Waals surface area contributed by atoms with Crippen molar-refractivity contribution in [3.05, 3.63) is 46.6 Å². The predicted molar refractivity (Wildman–Crippen MR) is 73.8 cm³/mol. The van der Waals surface area contributed by atoms with E-state index in [1.54, 1.807) is 0 Å². The van der Waals surface area contributed by atoms with Crippen molar-refractivity contribution < 1.29 is 0 Å². The van der Waals surface area contributed by atoms with Gasteiger partial charge in [0.15, 0.2) is 5.65 Å². The highest BCUT2D eigenvalue weighted by Gasteiger charge is 2.07. The zero-order chi connectivity index (χ0) is 12.7. The summed E-state index contributed by atoms with van der Waals surface area (Å²) in [5.41, 5.74) is 4.67. The summed E-state index contributed by atoms with van der Waals surface area (Å²) in [5.74, 6) is 0.796. The highest BCUT2D eigenvalue weighted by molar-refractivity contribution is 6.31. The van der Waals surface area contributed by atoms with Crippen molar-refractivity contribution in [1.82, 2.24) is 15.0 Å². The number of imidazole rings is 1. The Kier molecular flexibility index (Phi) is 2.56. The van der Waals surface area contributed by atoms with E-state index in [1.807, 2.05) is 44.2 Å². The topological polar surface area (TPSA) is 41.6 Å². The first-order chi connectivity index (χ1) is 8.63. The molecule has 0 spiro atoms. The number of nitrogens with one attached hydrogen (secondary N) is 1. The molecule has 3 nitrogen and oxygen atoms in total. The molecule has 0 aliphatic rings. The minimum atomic E-state index is 0.738. The fourth-order valence-electron chi connectivity index (χ4n) is 1.86. The summed E-state index contributed by atoms with van der Waals surface area (Å²) in [4.78, 5) is 12.1. The van der Waals surface area contributed by atoms with Gasteiger partial charge in [-0.25, -0.2) is 9.97 Å². The fraction of sp³-hybridized carbons (Fsp3) is 0.143. The number of benzene rings is 1. The van der Waals surface area contributed by atoms with Crippen LogP contribution in [-0.2, 0) is 0 Å². The molecule has 90 valence electrons. The van der Waals surface area contributed by atoms with Crippen LogP contribution in [0.25, 0.3) is 22.6 Å². The number of H-pyrrole nitrogens is 1. The van der Waals surface area contributed by atoms with Crippen molar-refractivity contribution in [2.45, 2.75) is 13.8 Å². The molecule has 1 aromatic carbocycles. The summed E-state index contributed by atoms with van der Waals surface area (Å²) in [5, 5.41) is 0.747. The van der Waals surface area contributed by atoms with E-state index in [4.69, 9.17) is 11.6 Å². The van der Waals surface area contributed by atoms with E-state index in [0.29, 0.717) is 0 Å². The maximum absolute atomic E-state index is 6.13. The summed E-state index contributed by atoms with van der Waals surface area (Å²) < 4.78 is 0. The Hall–Kier alpha value is -1.87. The van der Waals surface area contributed by atoms with Crippen LogP contribution < -0.4 is 0 Å². The van der Waals surface area contributed by atoms with Gasteiger partial charge in [0.25, 0.3) is 0 Å². The zero-order valence-corrected chi connectivity index (χ0v) is 10.9. The molecular weight excluding hydrogens is 246 g/mol. The van der Waals surface area contributed by atoms with E-state index >= 15 is 0 Å². The zero-order valence-electron chi connectivity index (χ0n) is 10.2. The Balaban J connectivity index is 2.16. The van der Waals surface area contributed by atoms with E-state index in [2.05, 4.69) is 15.0 Å². The molecule has 4 heteroatoms. The average Bonchev–Trinajstić information content (AvgIpc) is 2.75. The number of halogens is 1. The summed E-state index contributed by atoms with van der Waals surface area (Å²) in [7, 11) is 0. The van der Waals surface area contributed by atoms with Crippen LogP contribution in [0.5, 0.6) is 0 Å². The number of aryl methyl sites for hydroxylation is 2. The smallest absolute Gasteiger partial charge is 0.178 e. The van der Waals surface area contributed by atoms with Crippen molar-refractivity contribution in [2.75, 3.05) is 0 Å². The molecule has 18 heavy (non-hydrogen) atoms. The number of hydrogen-bond acceptors (Lipinski definition) is 2. The van der Waals surface area contributed by atoms with Gasteiger partial charge in [-0.2, -0.15) is 0 Å². The highest BCUT2D eigenvalue weighted by Crippen LogP contribution is 2.24. The maximum atomic E-state index is 6.13. The van der Waals surface area contributed by atoms with E-state index in [1.165, 1.54) is 0 Å². The third-order valence-electron chi connectivity index (χ3n) is 2.93. The third-order valence-corrected chi connectivity index (χ3v) is 3.34. The second-order valence-electron chi connectivity index (χ2n) is 4.37. The average molecular weight is 258 g/mol. The maximum Gasteiger partial charge on any atom is 0.178 e. The monoisotopic (exact) mass is 257 g/mol. The summed E-state index contributed by atoms with van der Waals surface area (Å²) in [6.07, 6.45) is 0.